The number of nitrogens with two attached hydrogens (primary N) is 2. The predicted molar refractivity (Wildman–Crippen MR) is 64.6 cm³/mol. The lowest BCUT2D eigenvalue weighted by atomic mass is 10.2. The van der Waals surface area contributed by atoms with Crippen LogP contribution in [0.4, 0.5) is 0 Å². The molecule has 4 nitrogen and oxygen atoms in total. The topological polar surface area (TPSA) is 72.3 Å². The van der Waals surface area contributed by atoms with Gasteiger partial charge in [0.1, 0.15) is 0 Å². The number of carbonyl (C=O) groups is 1. The number of primary amides is 1. The number of benzene rings is 1. The molecule has 1 aromatic carbocycles. The van der Waals surface area contributed by atoms with E-state index in [1.165, 1.54) is 5.56 Å². The number of rotatable bonds is 6. The molecule has 1 amide bonds. The second kappa shape index (κ2) is 6.25. The molecule has 0 aliphatic carbocycles. The summed E-state index contributed by atoms with van der Waals surface area (Å²) in [5, 5.41) is 0. The lowest BCUT2D eigenvalue weighted by molar-refractivity contribution is -0.119. The molecule has 0 heterocycles. The third-order valence-electron chi connectivity index (χ3n) is 2.48. The molecular formula is C12H19N3O. The minimum atomic E-state index is -0.543. The first kappa shape index (κ1) is 12.7. The smallest absolute Gasteiger partial charge is 0.234 e. The Morgan fingerprint density at radius 3 is 2.56 bits per heavy atom. The van der Waals surface area contributed by atoms with Crippen LogP contribution < -0.4 is 11.5 Å². The average Bonchev–Trinajstić information content (AvgIpc) is 2.27. The molecular weight excluding hydrogens is 202 g/mol. The van der Waals surface area contributed by atoms with Crippen LogP contribution >= 0.6 is 0 Å². The average molecular weight is 221 g/mol. The van der Waals surface area contributed by atoms with Crippen LogP contribution in [0.25, 0.3) is 0 Å². The van der Waals surface area contributed by atoms with Crippen LogP contribution in [0.1, 0.15) is 12.0 Å². The van der Waals surface area contributed by atoms with Crippen LogP contribution in [0.2, 0.25) is 0 Å². The summed E-state index contributed by atoms with van der Waals surface area (Å²) in [7, 11) is 2.00. The Morgan fingerprint density at radius 2 is 2.00 bits per heavy atom. The number of amides is 1. The standard InChI is InChI=1S/C12H19N3O/c1-15(8-7-11(13)12(14)16)9-10-5-3-2-4-6-10/h2-6,11H,7-9,13H2,1H3,(H2,14,16)/t11-/m1/s1. The van der Waals surface area contributed by atoms with Gasteiger partial charge in [-0.15, -0.1) is 0 Å². The van der Waals surface area contributed by atoms with Gasteiger partial charge in [0.2, 0.25) is 5.91 Å². The monoisotopic (exact) mass is 221 g/mol. The molecule has 16 heavy (non-hydrogen) atoms. The van der Waals surface area contributed by atoms with Gasteiger partial charge in [-0.05, 0) is 19.0 Å². The zero-order valence-corrected chi connectivity index (χ0v) is 9.60. The van der Waals surface area contributed by atoms with E-state index in [9.17, 15) is 4.79 Å². The summed E-state index contributed by atoms with van der Waals surface area (Å²) in [4.78, 5) is 12.9. The Bertz CT molecular complexity index is 326. The van der Waals surface area contributed by atoms with E-state index < -0.39 is 11.9 Å². The Hall–Kier alpha value is -1.39. The van der Waals surface area contributed by atoms with Crippen LogP contribution in [-0.2, 0) is 11.3 Å². The van der Waals surface area contributed by atoms with Crippen LogP contribution in [0.3, 0.4) is 0 Å². The summed E-state index contributed by atoms with van der Waals surface area (Å²) >= 11 is 0. The molecule has 88 valence electrons. The fraction of sp³-hybridized carbons (Fsp3) is 0.417. The highest BCUT2D eigenvalue weighted by molar-refractivity contribution is 5.79. The quantitative estimate of drug-likeness (QED) is 0.726. The van der Waals surface area contributed by atoms with E-state index in [0.717, 1.165) is 13.1 Å². The van der Waals surface area contributed by atoms with E-state index in [1.54, 1.807) is 0 Å². The molecule has 0 saturated heterocycles. The van der Waals surface area contributed by atoms with E-state index in [2.05, 4.69) is 17.0 Å². The van der Waals surface area contributed by atoms with Gasteiger partial charge in [0.05, 0.1) is 6.04 Å². The summed E-state index contributed by atoms with van der Waals surface area (Å²) < 4.78 is 0. The van der Waals surface area contributed by atoms with Crippen molar-refractivity contribution in [2.75, 3.05) is 13.6 Å². The van der Waals surface area contributed by atoms with Crippen molar-refractivity contribution in [2.24, 2.45) is 11.5 Å². The summed E-state index contributed by atoms with van der Waals surface area (Å²) in [6.07, 6.45) is 0.596. The van der Waals surface area contributed by atoms with E-state index >= 15 is 0 Å². The molecule has 0 aliphatic heterocycles. The molecule has 0 fully saturated rings. The van der Waals surface area contributed by atoms with Gasteiger partial charge >= 0.3 is 0 Å². The fourth-order valence-corrected chi connectivity index (χ4v) is 1.48. The minimum absolute atomic E-state index is 0.437. The van der Waals surface area contributed by atoms with Gasteiger partial charge < -0.3 is 16.4 Å². The maximum Gasteiger partial charge on any atom is 0.234 e. The van der Waals surface area contributed by atoms with Crippen molar-refractivity contribution in [2.45, 2.75) is 19.0 Å². The Morgan fingerprint density at radius 1 is 1.38 bits per heavy atom. The van der Waals surface area contributed by atoms with Gasteiger partial charge in [0, 0.05) is 13.1 Å². The number of hydrogen-bond donors (Lipinski definition) is 2. The lowest BCUT2D eigenvalue weighted by Gasteiger charge is -2.18. The normalized spacial score (nSPS) is 12.7. The lowest BCUT2D eigenvalue weighted by Crippen LogP contribution is -2.38. The highest BCUT2D eigenvalue weighted by Gasteiger charge is 2.10. The van der Waals surface area contributed by atoms with E-state index in [-0.39, 0.29) is 0 Å². The zero-order valence-electron chi connectivity index (χ0n) is 9.60. The summed E-state index contributed by atoms with van der Waals surface area (Å²) in [6, 6.07) is 9.62. The number of nitrogens with zero attached hydrogens (tertiary/aromatic N) is 1. The van der Waals surface area contributed by atoms with E-state index in [1.807, 2.05) is 25.2 Å². The summed E-state index contributed by atoms with van der Waals surface area (Å²) in [5.41, 5.74) is 11.9. The number of hydrogen-bond acceptors (Lipinski definition) is 3. The van der Waals surface area contributed by atoms with Crippen molar-refractivity contribution < 1.29 is 4.79 Å². The van der Waals surface area contributed by atoms with Gasteiger partial charge in [0.15, 0.2) is 0 Å². The molecule has 0 bridgehead atoms. The van der Waals surface area contributed by atoms with Gasteiger partial charge in [-0.1, -0.05) is 30.3 Å². The maximum absolute atomic E-state index is 10.7. The third kappa shape index (κ3) is 4.42. The van der Waals surface area contributed by atoms with Gasteiger partial charge in [0.25, 0.3) is 0 Å². The van der Waals surface area contributed by atoms with Crippen molar-refractivity contribution in [3.8, 4) is 0 Å². The van der Waals surface area contributed by atoms with Crippen LogP contribution in [0.5, 0.6) is 0 Å². The molecule has 0 spiro atoms. The molecule has 0 unspecified atom stereocenters. The predicted octanol–water partition coefficient (Wildman–Crippen LogP) is 0.321. The maximum atomic E-state index is 10.7. The highest BCUT2D eigenvalue weighted by atomic mass is 16.1. The first-order chi connectivity index (χ1) is 7.59. The molecule has 1 rings (SSSR count). The first-order valence-electron chi connectivity index (χ1n) is 5.37. The second-order valence-electron chi connectivity index (χ2n) is 4.02. The van der Waals surface area contributed by atoms with Gasteiger partial charge in [-0.3, -0.25) is 4.79 Å². The number of carbonyl (C=O) groups excluding carboxylic acids is 1. The Labute approximate surface area is 96.2 Å². The molecule has 0 radical (unpaired) electrons. The third-order valence-corrected chi connectivity index (χ3v) is 2.48. The van der Waals surface area contributed by atoms with Crippen LogP contribution in [0, 0.1) is 0 Å². The molecule has 1 aromatic rings. The van der Waals surface area contributed by atoms with Crippen molar-refractivity contribution in [1.82, 2.24) is 4.90 Å². The molecule has 0 aromatic heterocycles. The molecule has 1 atom stereocenters. The molecule has 0 aliphatic rings. The SMILES string of the molecule is CN(CC[C@@H](N)C(N)=O)Cc1ccccc1. The van der Waals surface area contributed by atoms with Crippen LogP contribution in [-0.4, -0.2) is 30.4 Å². The largest absolute Gasteiger partial charge is 0.368 e. The fourth-order valence-electron chi connectivity index (χ4n) is 1.48. The van der Waals surface area contributed by atoms with E-state index in [4.69, 9.17) is 11.5 Å². The van der Waals surface area contributed by atoms with Crippen LogP contribution in [0.15, 0.2) is 30.3 Å². The molecule has 4 N–H and O–H groups in total. The van der Waals surface area contributed by atoms with Crippen molar-refractivity contribution >= 4 is 5.91 Å². The summed E-state index contributed by atoms with van der Waals surface area (Å²) in [5.74, 6) is -0.437. The van der Waals surface area contributed by atoms with Gasteiger partial charge in [-0.2, -0.15) is 0 Å². The molecule has 0 saturated carbocycles. The minimum Gasteiger partial charge on any atom is -0.368 e. The van der Waals surface area contributed by atoms with Crippen molar-refractivity contribution in [3.05, 3.63) is 35.9 Å². The van der Waals surface area contributed by atoms with Crippen molar-refractivity contribution in [3.63, 3.8) is 0 Å². The zero-order chi connectivity index (χ0) is 12.0. The Kier molecular flexibility index (Phi) is 4.95. The Balaban J connectivity index is 2.31. The highest BCUT2D eigenvalue weighted by Crippen LogP contribution is 2.03. The van der Waals surface area contributed by atoms with Gasteiger partial charge in [-0.25, -0.2) is 0 Å². The van der Waals surface area contributed by atoms with Crippen molar-refractivity contribution in [1.29, 1.82) is 0 Å². The van der Waals surface area contributed by atoms with E-state index in [0.29, 0.717) is 6.42 Å². The first-order valence-corrected chi connectivity index (χ1v) is 5.37. The second-order valence-corrected chi connectivity index (χ2v) is 4.02. The summed E-state index contributed by atoms with van der Waals surface area (Å²) in [6.45, 7) is 1.62. The molecule has 4 heteroatoms.